The fourth-order valence-corrected chi connectivity index (χ4v) is 2.66. The predicted octanol–water partition coefficient (Wildman–Crippen LogP) is 1.89. The third kappa shape index (κ3) is 3.44. The molecule has 0 aromatic rings. The first-order valence-corrected chi connectivity index (χ1v) is 5.88. The van der Waals surface area contributed by atoms with Gasteiger partial charge in [0.1, 0.15) is 0 Å². The second-order valence-electron chi connectivity index (χ2n) is 4.70. The normalized spacial score (nSPS) is 30.5. The molecule has 0 aromatic heterocycles. The van der Waals surface area contributed by atoms with Gasteiger partial charge < -0.3 is 4.74 Å². The van der Waals surface area contributed by atoms with Gasteiger partial charge in [0.2, 0.25) is 5.24 Å². The number of rotatable bonds is 3. The summed E-state index contributed by atoms with van der Waals surface area (Å²) in [6, 6.07) is -0.180. The average Bonchev–Trinajstić information content (AvgIpc) is 1.99. The van der Waals surface area contributed by atoms with Crippen molar-refractivity contribution in [2.24, 2.45) is 5.92 Å². The van der Waals surface area contributed by atoms with E-state index >= 15 is 0 Å². The second-order valence-corrected chi connectivity index (χ2v) is 5.08. The molecule has 0 radical (unpaired) electrons. The predicted molar refractivity (Wildman–Crippen MR) is 61.1 cm³/mol. The largest absolute Gasteiger partial charge is 0.373 e. The molecular formula is C11H20ClNO2. The first kappa shape index (κ1) is 12.9. The van der Waals surface area contributed by atoms with Crippen molar-refractivity contribution in [3.05, 3.63) is 0 Å². The Labute approximate surface area is 96.7 Å². The van der Waals surface area contributed by atoms with Crippen LogP contribution in [0.4, 0.5) is 0 Å². The molecule has 3 nitrogen and oxygen atoms in total. The molecule has 0 N–H and O–H groups in total. The molecule has 1 rings (SSSR count). The summed E-state index contributed by atoms with van der Waals surface area (Å²) < 4.78 is 5.63. The minimum Gasteiger partial charge on any atom is -0.373 e. The maximum absolute atomic E-state index is 11.4. The number of carbonyl (C=O) groups is 1. The summed E-state index contributed by atoms with van der Waals surface area (Å²) in [5.74, 6) is 0.243. The zero-order valence-corrected chi connectivity index (χ0v) is 10.6. The maximum Gasteiger partial charge on any atom is 0.239 e. The Kier molecular flexibility index (Phi) is 4.56. The first-order valence-electron chi connectivity index (χ1n) is 5.50. The van der Waals surface area contributed by atoms with Crippen molar-refractivity contribution in [2.45, 2.75) is 45.9 Å². The van der Waals surface area contributed by atoms with Crippen LogP contribution in [0.15, 0.2) is 0 Å². The lowest BCUT2D eigenvalue weighted by Gasteiger charge is -2.40. The number of hydrogen-bond donors (Lipinski definition) is 0. The number of halogens is 1. The molecule has 0 saturated carbocycles. The van der Waals surface area contributed by atoms with Crippen LogP contribution < -0.4 is 0 Å². The van der Waals surface area contributed by atoms with Gasteiger partial charge in [0.25, 0.3) is 0 Å². The van der Waals surface area contributed by atoms with Gasteiger partial charge in [-0.15, -0.1) is 0 Å². The van der Waals surface area contributed by atoms with Gasteiger partial charge in [-0.2, -0.15) is 0 Å². The van der Waals surface area contributed by atoms with E-state index in [1.54, 1.807) is 0 Å². The summed E-state index contributed by atoms with van der Waals surface area (Å²) in [7, 11) is 0. The molecule has 0 aromatic carbocycles. The maximum atomic E-state index is 11.4. The van der Waals surface area contributed by atoms with Crippen molar-refractivity contribution in [1.82, 2.24) is 4.90 Å². The molecule has 15 heavy (non-hydrogen) atoms. The molecule has 1 aliphatic rings. The summed E-state index contributed by atoms with van der Waals surface area (Å²) in [5, 5.41) is -0.258. The van der Waals surface area contributed by atoms with Gasteiger partial charge in [-0.1, -0.05) is 13.8 Å². The highest BCUT2D eigenvalue weighted by Crippen LogP contribution is 2.20. The lowest BCUT2D eigenvalue weighted by molar-refractivity contribution is -0.125. The van der Waals surface area contributed by atoms with Gasteiger partial charge in [-0.3, -0.25) is 9.69 Å². The Hall–Kier alpha value is -0.120. The standard InChI is InChI=1S/C11H20ClNO2/c1-7(2)10(11(12)14)13-5-8(3)15-9(4)6-13/h7-10H,5-6H2,1-4H3. The topological polar surface area (TPSA) is 29.5 Å². The Morgan fingerprint density at radius 1 is 1.33 bits per heavy atom. The van der Waals surface area contributed by atoms with Crippen molar-refractivity contribution in [3.8, 4) is 0 Å². The van der Waals surface area contributed by atoms with Crippen LogP contribution in [0, 0.1) is 5.92 Å². The lowest BCUT2D eigenvalue weighted by Crippen LogP contribution is -2.53. The Morgan fingerprint density at radius 2 is 1.80 bits per heavy atom. The highest BCUT2D eigenvalue weighted by Gasteiger charge is 2.33. The monoisotopic (exact) mass is 233 g/mol. The van der Waals surface area contributed by atoms with Crippen molar-refractivity contribution in [2.75, 3.05) is 13.1 Å². The summed E-state index contributed by atoms with van der Waals surface area (Å²) >= 11 is 5.65. The molecule has 1 aliphatic heterocycles. The molecular weight excluding hydrogens is 214 g/mol. The van der Waals surface area contributed by atoms with Crippen LogP contribution in [0.3, 0.4) is 0 Å². The Balaban J connectivity index is 2.70. The number of ether oxygens (including phenoxy) is 1. The molecule has 0 amide bonds. The van der Waals surface area contributed by atoms with E-state index in [-0.39, 0.29) is 29.4 Å². The molecule has 4 heteroatoms. The van der Waals surface area contributed by atoms with Gasteiger partial charge in [-0.05, 0) is 31.4 Å². The Morgan fingerprint density at radius 3 is 2.13 bits per heavy atom. The minimum atomic E-state index is -0.258. The number of hydrogen-bond acceptors (Lipinski definition) is 3. The smallest absolute Gasteiger partial charge is 0.239 e. The number of nitrogens with zero attached hydrogens (tertiary/aromatic N) is 1. The van der Waals surface area contributed by atoms with Crippen molar-refractivity contribution >= 4 is 16.8 Å². The molecule has 3 unspecified atom stereocenters. The molecule has 0 spiro atoms. The number of carbonyl (C=O) groups excluding carboxylic acids is 1. The van der Waals surface area contributed by atoms with Crippen LogP contribution in [0.1, 0.15) is 27.7 Å². The number of morpholine rings is 1. The van der Waals surface area contributed by atoms with Crippen molar-refractivity contribution in [1.29, 1.82) is 0 Å². The van der Waals surface area contributed by atoms with Crippen LogP contribution >= 0.6 is 11.6 Å². The van der Waals surface area contributed by atoms with Crippen LogP contribution in [-0.4, -0.2) is 41.5 Å². The second kappa shape index (κ2) is 5.28. The summed E-state index contributed by atoms with van der Waals surface area (Å²) in [5.41, 5.74) is 0. The van der Waals surface area contributed by atoms with Gasteiger partial charge in [-0.25, -0.2) is 0 Å². The molecule has 1 saturated heterocycles. The quantitative estimate of drug-likeness (QED) is 0.698. The van der Waals surface area contributed by atoms with Crippen LogP contribution in [-0.2, 0) is 9.53 Å². The molecule has 1 fully saturated rings. The van der Waals surface area contributed by atoms with Crippen LogP contribution in [0.25, 0.3) is 0 Å². The first-order chi connectivity index (χ1) is 6.91. The van der Waals surface area contributed by atoms with Crippen LogP contribution in [0.2, 0.25) is 0 Å². The molecule has 3 atom stereocenters. The highest BCUT2D eigenvalue weighted by atomic mass is 35.5. The minimum absolute atomic E-state index is 0.172. The van der Waals surface area contributed by atoms with E-state index < -0.39 is 0 Å². The van der Waals surface area contributed by atoms with E-state index in [0.29, 0.717) is 0 Å². The zero-order chi connectivity index (χ0) is 11.6. The van der Waals surface area contributed by atoms with Crippen molar-refractivity contribution < 1.29 is 9.53 Å². The van der Waals surface area contributed by atoms with Crippen LogP contribution in [0.5, 0.6) is 0 Å². The summed E-state index contributed by atoms with van der Waals surface area (Å²) in [4.78, 5) is 13.5. The fraction of sp³-hybridized carbons (Fsp3) is 0.909. The summed E-state index contributed by atoms with van der Waals surface area (Å²) in [6.45, 7) is 9.67. The zero-order valence-electron chi connectivity index (χ0n) is 9.87. The molecule has 0 bridgehead atoms. The van der Waals surface area contributed by atoms with E-state index in [4.69, 9.17) is 16.3 Å². The third-order valence-corrected chi connectivity index (χ3v) is 2.93. The van der Waals surface area contributed by atoms with E-state index in [9.17, 15) is 4.79 Å². The summed E-state index contributed by atoms with van der Waals surface area (Å²) in [6.07, 6.45) is 0.344. The van der Waals surface area contributed by atoms with Crippen molar-refractivity contribution in [3.63, 3.8) is 0 Å². The van der Waals surface area contributed by atoms with Gasteiger partial charge in [0.15, 0.2) is 0 Å². The van der Waals surface area contributed by atoms with E-state index in [0.717, 1.165) is 13.1 Å². The van der Waals surface area contributed by atoms with E-state index in [2.05, 4.69) is 4.90 Å². The van der Waals surface area contributed by atoms with Gasteiger partial charge in [0.05, 0.1) is 18.2 Å². The average molecular weight is 234 g/mol. The van der Waals surface area contributed by atoms with E-state index in [1.165, 1.54) is 0 Å². The van der Waals surface area contributed by atoms with Gasteiger partial charge >= 0.3 is 0 Å². The Bertz CT molecular complexity index is 223. The van der Waals surface area contributed by atoms with Gasteiger partial charge in [0, 0.05) is 13.1 Å². The third-order valence-electron chi connectivity index (χ3n) is 2.71. The molecule has 1 heterocycles. The molecule has 0 aliphatic carbocycles. The highest BCUT2D eigenvalue weighted by molar-refractivity contribution is 6.64. The molecule has 88 valence electrons. The van der Waals surface area contributed by atoms with E-state index in [1.807, 2.05) is 27.7 Å². The SMILES string of the molecule is CC1CN(C(C(=O)Cl)C(C)C)CC(C)O1. The lowest BCUT2D eigenvalue weighted by atomic mass is 10.0. The fourth-order valence-electron chi connectivity index (χ4n) is 2.27.